The number of rotatable bonds is 5. The van der Waals surface area contributed by atoms with Gasteiger partial charge in [-0.3, -0.25) is 10.1 Å². The van der Waals surface area contributed by atoms with Crippen LogP contribution < -0.4 is 5.32 Å². The number of nitrogens with one attached hydrogen (secondary N) is 1. The number of nitrogens with zero attached hydrogens (tertiary/aromatic N) is 4. The van der Waals surface area contributed by atoms with Crippen molar-refractivity contribution in [2.75, 3.05) is 46.5 Å². The second-order valence-corrected chi connectivity index (χ2v) is 6.98. The van der Waals surface area contributed by atoms with Gasteiger partial charge in [-0.15, -0.1) is 0 Å². The molecule has 3 aliphatic rings. The zero-order valence-electron chi connectivity index (χ0n) is 15.4. The van der Waals surface area contributed by atoms with Gasteiger partial charge in [0.15, 0.2) is 18.2 Å². The highest BCUT2D eigenvalue weighted by Gasteiger charge is 2.50. The molecule has 0 aliphatic carbocycles. The molecular weight excluding hydrogens is 342 g/mol. The number of guanidine groups is 1. The van der Waals surface area contributed by atoms with Crippen molar-refractivity contribution in [2.45, 2.75) is 38.3 Å². The summed E-state index contributed by atoms with van der Waals surface area (Å²) in [5.41, 5.74) is 0. The van der Waals surface area contributed by atoms with Crippen LogP contribution in [0.1, 0.15) is 13.8 Å². The highest BCUT2D eigenvalue weighted by molar-refractivity contribution is 6.03. The number of morpholine rings is 1. The molecule has 3 rings (SSSR count). The Kier molecular flexibility index (Phi) is 5.64. The van der Waals surface area contributed by atoms with E-state index in [1.54, 1.807) is 11.9 Å². The molecule has 2 saturated heterocycles. The molecule has 146 valence electrons. The number of likely N-dealkylation sites (N-methyl/N-ethyl adjacent to an activating group) is 1. The summed E-state index contributed by atoms with van der Waals surface area (Å²) in [5, 5.41) is 12.7. The van der Waals surface area contributed by atoms with Crippen molar-refractivity contribution >= 4 is 17.9 Å². The van der Waals surface area contributed by atoms with E-state index in [9.17, 15) is 14.7 Å². The van der Waals surface area contributed by atoms with E-state index in [-0.39, 0.29) is 19.3 Å². The molecule has 0 saturated carbocycles. The normalized spacial score (nSPS) is 27.6. The predicted octanol–water partition coefficient (Wildman–Crippen LogP) is -1.35. The number of aliphatic hydroxyl groups is 1. The SMILES string of the molecule is CC(C)OCC(O)CN1C(N2CCOCC2)=NC2C1C(=O)NC(=O)N2C. The highest BCUT2D eigenvalue weighted by Crippen LogP contribution is 2.26. The van der Waals surface area contributed by atoms with Crippen LogP contribution in [0.15, 0.2) is 4.99 Å². The van der Waals surface area contributed by atoms with Gasteiger partial charge in [0.25, 0.3) is 5.91 Å². The van der Waals surface area contributed by atoms with Crippen molar-refractivity contribution < 1.29 is 24.2 Å². The fraction of sp³-hybridized carbons (Fsp3) is 0.812. The van der Waals surface area contributed by atoms with Crippen LogP contribution in [0.5, 0.6) is 0 Å². The lowest BCUT2D eigenvalue weighted by atomic mass is 10.1. The molecule has 3 unspecified atom stereocenters. The first-order valence-electron chi connectivity index (χ1n) is 8.93. The number of fused-ring (bicyclic) bond motifs is 1. The Morgan fingerprint density at radius 3 is 2.69 bits per heavy atom. The third kappa shape index (κ3) is 3.76. The fourth-order valence-corrected chi connectivity index (χ4v) is 3.32. The largest absolute Gasteiger partial charge is 0.389 e. The lowest BCUT2D eigenvalue weighted by Crippen LogP contribution is -2.65. The second-order valence-electron chi connectivity index (χ2n) is 6.98. The van der Waals surface area contributed by atoms with Gasteiger partial charge in [-0.05, 0) is 13.8 Å². The minimum Gasteiger partial charge on any atom is -0.389 e. The minimum atomic E-state index is -0.780. The van der Waals surface area contributed by atoms with Crippen LogP contribution in [0.3, 0.4) is 0 Å². The van der Waals surface area contributed by atoms with Crippen molar-refractivity contribution in [3.05, 3.63) is 0 Å². The van der Waals surface area contributed by atoms with E-state index in [0.29, 0.717) is 32.3 Å². The zero-order chi connectivity index (χ0) is 18.8. The molecule has 26 heavy (non-hydrogen) atoms. The standard InChI is InChI=1S/C16H27N5O5/c1-10(2)26-9-11(22)8-21-12-13(19(3)16(24)18-14(12)23)17-15(21)20-4-6-25-7-5-20/h10-13,22H,4-9H2,1-3H3,(H,18,23,24). The molecule has 0 aromatic rings. The number of imide groups is 1. The molecule has 2 N–H and O–H groups in total. The molecule has 3 atom stereocenters. The number of ether oxygens (including phenoxy) is 2. The van der Waals surface area contributed by atoms with Crippen LogP contribution in [-0.4, -0.2) is 109 Å². The van der Waals surface area contributed by atoms with Crippen LogP contribution in [0.25, 0.3) is 0 Å². The lowest BCUT2D eigenvalue weighted by Gasteiger charge is -2.39. The number of aliphatic imine (C=N–C) groups is 1. The molecule has 3 amide bonds. The Morgan fingerprint density at radius 1 is 1.35 bits per heavy atom. The van der Waals surface area contributed by atoms with E-state index >= 15 is 0 Å². The zero-order valence-corrected chi connectivity index (χ0v) is 15.4. The van der Waals surface area contributed by atoms with Gasteiger partial charge in [0.05, 0.1) is 32.0 Å². The van der Waals surface area contributed by atoms with E-state index in [0.717, 1.165) is 0 Å². The summed E-state index contributed by atoms with van der Waals surface area (Å²) in [6.45, 7) is 6.59. The van der Waals surface area contributed by atoms with Crippen LogP contribution in [-0.2, 0) is 14.3 Å². The molecule has 0 aromatic heterocycles. The molecule has 10 heteroatoms. The molecule has 3 heterocycles. The van der Waals surface area contributed by atoms with E-state index in [1.807, 2.05) is 18.7 Å². The maximum absolute atomic E-state index is 12.5. The number of carbonyl (C=O) groups excluding carboxylic acids is 2. The maximum atomic E-state index is 12.5. The van der Waals surface area contributed by atoms with Crippen molar-refractivity contribution in [1.29, 1.82) is 0 Å². The molecule has 2 fully saturated rings. The second kappa shape index (κ2) is 7.77. The Bertz CT molecular complexity index is 577. The summed E-state index contributed by atoms with van der Waals surface area (Å²) in [7, 11) is 1.61. The summed E-state index contributed by atoms with van der Waals surface area (Å²) in [6, 6.07) is -1.13. The summed E-state index contributed by atoms with van der Waals surface area (Å²) >= 11 is 0. The average molecular weight is 369 g/mol. The lowest BCUT2D eigenvalue weighted by molar-refractivity contribution is -0.127. The average Bonchev–Trinajstić information content (AvgIpc) is 2.98. The molecule has 3 aliphatic heterocycles. The van der Waals surface area contributed by atoms with Crippen LogP contribution in [0.4, 0.5) is 4.79 Å². The number of hydrogen-bond acceptors (Lipinski definition) is 8. The van der Waals surface area contributed by atoms with Crippen LogP contribution in [0, 0.1) is 0 Å². The van der Waals surface area contributed by atoms with E-state index in [2.05, 4.69) is 10.3 Å². The maximum Gasteiger partial charge on any atom is 0.325 e. The molecule has 0 radical (unpaired) electrons. The van der Waals surface area contributed by atoms with Gasteiger partial charge in [0.2, 0.25) is 0 Å². The molecule has 0 aromatic carbocycles. The fourth-order valence-electron chi connectivity index (χ4n) is 3.32. The van der Waals surface area contributed by atoms with Gasteiger partial charge in [-0.25, -0.2) is 9.79 Å². The van der Waals surface area contributed by atoms with Crippen molar-refractivity contribution in [2.24, 2.45) is 4.99 Å². The van der Waals surface area contributed by atoms with Gasteiger partial charge in [0.1, 0.15) is 0 Å². The van der Waals surface area contributed by atoms with Crippen molar-refractivity contribution in [3.63, 3.8) is 0 Å². The third-order valence-electron chi connectivity index (χ3n) is 4.66. The quantitative estimate of drug-likeness (QED) is 0.617. The number of carbonyl (C=O) groups is 2. The van der Waals surface area contributed by atoms with Crippen molar-refractivity contribution in [3.8, 4) is 0 Å². The van der Waals surface area contributed by atoms with Gasteiger partial charge >= 0.3 is 6.03 Å². The third-order valence-corrected chi connectivity index (χ3v) is 4.66. The highest BCUT2D eigenvalue weighted by atomic mass is 16.5. The summed E-state index contributed by atoms with van der Waals surface area (Å²) in [6.07, 6.45) is -1.38. The first-order chi connectivity index (χ1) is 12.4. The first-order valence-corrected chi connectivity index (χ1v) is 8.93. The predicted molar refractivity (Wildman–Crippen MR) is 92.5 cm³/mol. The van der Waals surface area contributed by atoms with E-state index in [1.165, 1.54) is 4.90 Å². The Hall–Kier alpha value is -1.91. The Balaban J connectivity index is 1.81. The minimum absolute atomic E-state index is 0.00471. The molecule has 0 bridgehead atoms. The number of amides is 3. The molecular formula is C16H27N5O5. The van der Waals surface area contributed by atoms with E-state index in [4.69, 9.17) is 9.47 Å². The summed E-state index contributed by atoms with van der Waals surface area (Å²) in [5.74, 6) is 0.214. The summed E-state index contributed by atoms with van der Waals surface area (Å²) in [4.78, 5) is 34.3. The monoisotopic (exact) mass is 369 g/mol. The van der Waals surface area contributed by atoms with Gasteiger partial charge < -0.3 is 29.3 Å². The summed E-state index contributed by atoms with van der Waals surface area (Å²) < 4.78 is 10.9. The molecule has 10 nitrogen and oxygen atoms in total. The number of β-amino-alcohol motifs (C(OH)–C–C–N with tert-alkyl or cyclic N) is 1. The smallest absolute Gasteiger partial charge is 0.325 e. The van der Waals surface area contributed by atoms with Crippen molar-refractivity contribution in [1.82, 2.24) is 20.0 Å². The van der Waals surface area contributed by atoms with Crippen LogP contribution >= 0.6 is 0 Å². The topological polar surface area (TPSA) is 107 Å². The van der Waals surface area contributed by atoms with Gasteiger partial charge in [-0.2, -0.15) is 0 Å². The molecule has 0 spiro atoms. The Morgan fingerprint density at radius 2 is 2.04 bits per heavy atom. The first kappa shape index (κ1) is 18.9. The number of urea groups is 1. The Labute approximate surface area is 152 Å². The van der Waals surface area contributed by atoms with E-state index < -0.39 is 30.2 Å². The van der Waals surface area contributed by atoms with Gasteiger partial charge in [-0.1, -0.05) is 0 Å². The van der Waals surface area contributed by atoms with Gasteiger partial charge in [0, 0.05) is 26.7 Å². The van der Waals surface area contributed by atoms with Crippen LogP contribution in [0.2, 0.25) is 0 Å². The number of hydrogen-bond donors (Lipinski definition) is 2. The number of aliphatic hydroxyl groups excluding tert-OH is 1.